The lowest BCUT2D eigenvalue weighted by Gasteiger charge is -2.18. The van der Waals surface area contributed by atoms with Crippen molar-refractivity contribution in [2.45, 2.75) is 32.4 Å². The van der Waals surface area contributed by atoms with Crippen molar-refractivity contribution < 1.29 is 9.53 Å². The monoisotopic (exact) mass is 226 g/mol. The summed E-state index contributed by atoms with van der Waals surface area (Å²) in [5.41, 5.74) is 0. The summed E-state index contributed by atoms with van der Waals surface area (Å²) in [4.78, 5) is 11.1. The molecule has 0 aliphatic carbocycles. The van der Waals surface area contributed by atoms with Gasteiger partial charge in [0.25, 0.3) is 0 Å². The number of hydrogen-bond acceptors (Lipinski definition) is 5. The second-order valence-corrected chi connectivity index (χ2v) is 3.87. The second kappa shape index (κ2) is 5.60. The molecular weight excluding hydrogens is 208 g/mol. The number of carbonyl (C=O) groups is 1. The van der Waals surface area contributed by atoms with Crippen LogP contribution in [0.4, 0.5) is 0 Å². The van der Waals surface area contributed by atoms with Crippen LogP contribution in [0.15, 0.2) is 6.33 Å². The van der Waals surface area contributed by atoms with Gasteiger partial charge in [-0.15, -0.1) is 10.2 Å². The van der Waals surface area contributed by atoms with Gasteiger partial charge in [-0.2, -0.15) is 0 Å². The molecule has 0 aromatic carbocycles. The van der Waals surface area contributed by atoms with Crippen LogP contribution in [-0.4, -0.2) is 33.9 Å². The van der Waals surface area contributed by atoms with Crippen LogP contribution in [0, 0.1) is 0 Å². The molecule has 0 saturated heterocycles. The predicted molar refractivity (Wildman–Crippen MR) is 58.6 cm³/mol. The van der Waals surface area contributed by atoms with Gasteiger partial charge in [-0.05, 0) is 13.8 Å². The Labute approximate surface area is 95.0 Å². The van der Waals surface area contributed by atoms with Crippen LogP contribution in [0.25, 0.3) is 0 Å². The summed E-state index contributed by atoms with van der Waals surface area (Å²) in [5.74, 6) is 0.627. The van der Waals surface area contributed by atoms with Crippen molar-refractivity contribution in [3.63, 3.8) is 0 Å². The van der Waals surface area contributed by atoms with E-state index in [4.69, 9.17) is 0 Å². The molecule has 1 N–H and O–H groups in total. The fourth-order valence-corrected chi connectivity index (χ4v) is 1.58. The minimum atomic E-state index is -0.217. The van der Waals surface area contributed by atoms with Gasteiger partial charge in [-0.1, -0.05) is 0 Å². The van der Waals surface area contributed by atoms with E-state index >= 15 is 0 Å². The number of aromatic nitrogens is 3. The van der Waals surface area contributed by atoms with Gasteiger partial charge in [0.2, 0.25) is 0 Å². The van der Waals surface area contributed by atoms with E-state index in [0.29, 0.717) is 6.42 Å². The molecule has 1 aromatic heterocycles. The molecule has 2 atom stereocenters. The molecule has 0 saturated carbocycles. The number of rotatable bonds is 5. The molecule has 0 amide bonds. The molecule has 90 valence electrons. The lowest BCUT2D eigenvalue weighted by atomic mass is 10.2. The maximum absolute atomic E-state index is 11.1. The quantitative estimate of drug-likeness (QED) is 0.737. The average Bonchev–Trinajstić information content (AvgIpc) is 2.63. The number of methoxy groups -OCH3 is 1. The van der Waals surface area contributed by atoms with E-state index in [1.165, 1.54) is 7.11 Å². The van der Waals surface area contributed by atoms with Crippen molar-refractivity contribution in [3.8, 4) is 0 Å². The maximum Gasteiger partial charge on any atom is 0.307 e. The van der Waals surface area contributed by atoms with Crippen LogP contribution in [-0.2, 0) is 16.6 Å². The zero-order chi connectivity index (χ0) is 12.1. The standard InChI is InChI=1S/C10H18N4O2/c1-7(5-9(15)16-4)12-8(2)10-13-11-6-14(10)3/h6-8,12H,5H2,1-4H3. The Balaban J connectivity index is 2.48. The molecule has 0 spiro atoms. The molecule has 1 rings (SSSR count). The van der Waals surface area contributed by atoms with E-state index in [9.17, 15) is 4.79 Å². The molecule has 0 bridgehead atoms. The van der Waals surface area contributed by atoms with Crippen molar-refractivity contribution in [3.05, 3.63) is 12.2 Å². The third-order valence-electron chi connectivity index (χ3n) is 2.37. The summed E-state index contributed by atoms with van der Waals surface area (Å²) in [6, 6.07) is 0.0892. The number of carbonyl (C=O) groups excluding carboxylic acids is 1. The zero-order valence-electron chi connectivity index (χ0n) is 10.1. The molecule has 2 unspecified atom stereocenters. The lowest BCUT2D eigenvalue weighted by molar-refractivity contribution is -0.141. The van der Waals surface area contributed by atoms with E-state index in [1.54, 1.807) is 6.33 Å². The third-order valence-corrected chi connectivity index (χ3v) is 2.37. The van der Waals surface area contributed by atoms with Crippen LogP contribution >= 0.6 is 0 Å². The van der Waals surface area contributed by atoms with Gasteiger partial charge < -0.3 is 14.6 Å². The Morgan fingerprint density at radius 3 is 2.81 bits per heavy atom. The Kier molecular flexibility index (Phi) is 4.42. The SMILES string of the molecule is COC(=O)CC(C)NC(C)c1nncn1C. The molecule has 0 aliphatic rings. The Bertz CT molecular complexity index is 350. The largest absolute Gasteiger partial charge is 0.469 e. The van der Waals surface area contributed by atoms with E-state index in [0.717, 1.165) is 5.82 Å². The minimum absolute atomic E-state index is 0.0409. The number of hydrogen-bond donors (Lipinski definition) is 1. The first kappa shape index (κ1) is 12.6. The fraction of sp³-hybridized carbons (Fsp3) is 0.700. The summed E-state index contributed by atoms with van der Waals surface area (Å²) < 4.78 is 6.45. The molecule has 16 heavy (non-hydrogen) atoms. The maximum atomic E-state index is 11.1. The number of nitrogens with one attached hydrogen (secondary N) is 1. The van der Waals surface area contributed by atoms with E-state index in [2.05, 4.69) is 20.3 Å². The minimum Gasteiger partial charge on any atom is -0.469 e. The summed E-state index contributed by atoms with van der Waals surface area (Å²) in [7, 11) is 3.28. The van der Waals surface area contributed by atoms with Gasteiger partial charge in [-0.3, -0.25) is 4.79 Å². The number of aryl methyl sites for hydroxylation is 1. The molecule has 0 aliphatic heterocycles. The van der Waals surface area contributed by atoms with Crippen molar-refractivity contribution in [1.82, 2.24) is 20.1 Å². The molecule has 1 aromatic rings. The molecular formula is C10H18N4O2. The van der Waals surface area contributed by atoms with Crippen molar-refractivity contribution in [2.24, 2.45) is 7.05 Å². The molecule has 6 nitrogen and oxygen atoms in total. The highest BCUT2D eigenvalue weighted by molar-refractivity contribution is 5.69. The average molecular weight is 226 g/mol. The molecule has 1 heterocycles. The third kappa shape index (κ3) is 3.30. The van der Waals surface area contributed by atoms with Gasteiger partial charge in [0.1, 0.15) is 12.2 Å². The van der Waals surface area contributed by atoms with Crippen LogP contribution in [0.1, 0.15) is 32.1 Å². The highest BCUT2D eigenvalue weighted by Gasteiger charge is 2.16. The number of esters is 1. The van der Waals surface area contributed by atoms with Gasteiger partial charge in [-0.25, -0.2) is 0 Å². The second-order valence-electron chi connectivity index (χ2n) is 3.87. The predicted octanol–water partition coefficient (Wildman–Crippen LogP) is 0.417. The number of nitrogens with zero attached hydrogens (tertiary/aromatic N) is 3. The first-order valence-electron chi connectivity index (χ1n) is 5.21. The van der Waals surface area contributed by atoms with Crippen LogP contribution in [0.2, 0.25) is 0 Å². The highest BCUT2D eigenvalue weighted by Crippen LogP contribution is 2.09. The van der Waals surface area contributed by atoms with E-state index in [1.807, 2.05) is 25.5 Å². The summed E-state index contributed by atoms with van der Waals surface area (Å²) in [5, 5.41) is 11.1. The van der Waals surface area contributed by atoms with Gasteiger partial charge in [0, 0.05) is 13.1 Å². The fourth-order valence-electron chi connectivity index (χ4n) is 1.58. The number of ether oxygens (including phenoxy) is 1. The van der Waals surface area contributed by atoms with Crippen LogP contribution in [0.5, 0.6) is 0 Å². The molecule has 0 fully saturated rings. The van der Waals surface area contributed by atoms with Crippen LogP contribution < -0.4 is 5.32 Å². The topological polar surface area (TPSA) is 69.0 Å². The first-order chi connectivity index (χ1) is 7.54. The summed E-state index contributed by atoms with van der Waals surface area (Å²) in [6.07, 6.45) is 2.00. The zero-order valence-corrected chi connectivity index (χ0v) is 10.1. The van der Waals surface area contributed by atoms with Crippen molar-refractivity contribution >= 4 is 5.97 Å². The van der Waals surface area contributed by atoms with Gasteiger partial charge in [0.05, 0.1) is 19.6 Å². The Morgan fingerprint density at radius 1 is 1.62 bits per heavy atom. The van der Waals surface area contributed by atoms with Gasteiger partial charge >= 0.3 is 5.97 Å². The van der Waals surface area contributed by atoms with E-state index in [-0.39, 0.29) is 18.1 Å². The lowest BCUT2D eigenvalue weighted by Crippen LogP contribution is -2.32. The summed E-state index contributed by atoms with van der Waals surface area (Å²) in [6.45, 7) is 3.92. The normalized spacial score (nSPS) is 14.5. The van der Waals surface area contributed by atoms with Crippen molar-refractivity contribution in [2.75, 3.05) is 7.11 Å². The highest BCUT2D eigenvalue weighted by atomic mass is 16.5. The first-order valence-corrected chi connectivity index (χ1v) is 5.21. The van der Waals surface area contributed by atoms with Gasteiger partial charge in [0.15, 0.2) is 0 Å². The van der Waals surface area contributed by atoms with Crippen molar-refractivity contribution in [1.29, 1.82) is 0 Å². The summed E-state index contributed by atoms with van der Waals surface area (Å²) >= 11 is 0. The van der Waals surface area contributed by atoms with Crippen LogP contribution in [0.3, 0.4) is 0 Å². The molecule has 6 heteroatoms. The Morgan fingerprint density at radius 2 is 2.31 bits per heavy atom. The Hall–Kier alpha value is -1.43. The van der Waals surface area contributed by atoms with E-state index < -0.39 is 0 Å². The molecule has 0 radical (unpaired) electrons. The smallest absolute Gasteiger partial charge is 0.307 e.